The van der Waals surface area contributed by atoms with Crippen LogP contribution in [0.3, 0.4) is 0 Å². The van der Waals surface area contributed by atoms with Gasteiger partial charge in [-0.1, -0.05) is 13.8 Å². The van der Waals surface area contributed by atoms with Gasteiger partial charge in [0.2, 0.25) is 10.0 Å². The maximum Gasteiger partial charge on any atom is 0.283 e. The highest BCUT2D eigenvalue weighted by Crippen LogP contribution is 2.37. The molecule has 5 rings (SSSR count). The number of hydrogen-bond donors (Lipinski definition) is 1. The van der Waals surface area contributed by atoms with Crippen LogP contribution in [0.4, 0.5) is 5.82 Å². The van der Waals surface area contributed by atoms with Gasteiger partial charge in [0.15, 0.2) is 5.65 Å². The second-order valence-electron chi connectivity index (χ2n) is 10.6. The highest BCUT2D eigenvalue weighted by Gasteiger charge is 2.27. The second kappa shape index (κ2) is 10.9. The Morgan fingerprint density at radius 1 is 1.23 bits per heavy atom. The van der Waals surface area contributed by atoms with Crippen LogP contribution in [0.25, 0.3) is 22.2 Å². The molecule has 0 spiro atoms. The van der Waals surface area contributed by atoms with E-state index in [9.17, 15) is 18.5 Å². The largest absolute Gasteiger partial charge is 0.379 e. The number of ether oxygens (including phenoxy) is 1. The summed E-state index contributed by atoms with van der Waals surface area (Å²) in [6, 6.07) is 7.83. The number of sulfonamides is 1. The Hall–Kier alpha value is -3.56. The van der Waals surface area contributed by atoms with Crippen molar-refractivity contribution in [3.8, 4) is 17.2 Å². The lowest BCUT2D eigenvalue weighted by atomic mass is 9.97. The van der Waals surface area contributed by atoms with E-state index in [2.05, 4.69) is 29.8 Å². The highest BCUT2D eigenvalue weighted by atomic mass is 32.2. The van der Waals surface area contributed by atoms with Gasteiger partial charge >= 0.3 is 0 Å². The molecule has 12 heteroatoms. The quantitative estimate of drug-likeness (QED) is 0.487. The van der Waals surface area contributed by atoms with Gasteiger partial charge < -0.3 is 9.64 Å². The minimum absolute atomic E-state index is 0.0150. The fourth-order valence-corrected chi connectivity index (χ4v) is 5.71. The van der Waals surface area contributed by atoms with Crippen LogP contribution in [-0.2, 0) is 14.8 Å². The standard InChI is InChI=1S/C27H33N7O4S/c1-17(2)25-24-21(19-6-7-23(29-15-19)33-10-8-18(14-28)9-11-33)13-22(27(35)32-39(3,36)37)30-26(24)34(31-25)20-5-4-12-38-16-20/h6-7,13,15,17-18,20H,4-5,8-12,16H2,1-3H3,(H,32,35). The number of nitrogens with zero attached hydrogens (tertiary/aromatic N) is 6. The van der Waals surface area contributed by atoms with Crippen molar-refractivity contribution in [3.05, 3.63) is 35.8 Å². The molecule has 0 aromatic carbocycles. The fraction of sp³-hybridized carbons (Fsp3) is 0.519. The smallest absolute Gasteiger partial charge is 0.283 e. The third-order valence-corrected chi connectivity index (χ3v) is 7.85. The lowest BCUT2D eigenvalue weighted by molar-refractivity contribution is 0.0561. The van der Waals surface area contributed by atoms with Crippen molar-refractivity contribution < 1.29 is 17.9 Å². The van der Waals surface area contributed by atoms with E-state index in [1.807, 2.05) is 21.5 Å². The van der Waals surface area contributed by atoms with E-state index < -0.39 is 15.9 Å². The summed E-state index contributed by atoms with van der Waals surface area (Å²) >= 11 is 0. The molecule has 3 aromatic rings. The molecule has 39 heavy (non-hydrogen) atoms. The Kier molecular flexibility index (Phi) is 7.55. The normalized spacial score (nSPS) is 18.8. The minimum Gasteiger partial charge on any atom is -0.379 e. The molecule has 5 heterocycles. The molecular weight excluding hydrogens is 518 g/mol. The molecule has 0 aliphatic carbocycles. The van der Waals surface area contributed by atoms with Crippen molar-refractivity contribution >= 4 is 32.8 Å². The number of pyridine rings is 2. The number of hydrogen-bond acceptors (Lipinski definition) is 9. The Labute approximate surface area is 228 Å². The lowest BCUT2D eigenvalue weighted by Crippen LogP contribution is -2.33. The zero-order chi connectivity index (χ0) is 27.7. The lowest BCUT2D eigenvalue weighted by Gasteiger charge is -2.30. The van der Waals surface area contributed by atoms with Crippen LogP contribution in [0.2, 0.25) is 0 Å². The monoisotopic (exact) mass is 551 g/mol. The first-order valence-corrected chi connectivity index (χ1v) is 15.2. The van der Waals surface area contributed by atoms with Crippen molar-refractivity contribution in [2.45, 2.75) is 51.5 Å². The maximum atomic E-state index is 13.0. The van der Waals surface area contributed by atoms with Gasteiger partial charge in [-0.15, -0.1) is 0 Å². The van der Waals surface area contributed by atoms with E-state index in [1.165, 1.54) is 0 Å². The SMILES string of the molecule is CC(C)c1nn(C2CCCOC2)c2nc(C(=O)NS(C)(=O)=O)cc(-c3ccc(N4CCC(C#N)CC4)nc3)c12. The van der Waals surface area contributed by atoms with Crippen molar-refractivity contribution in [2.75, 3.05) is 37.5 Å². The van der Waals surface area contributed by atoms with Gasteiger partial charge in [0.1, 0.15) is 11.5 Å². The zero-order valence-corrected chi connectivity index (χ0v) is 23.2. The number of anilines is 1. The van der Waals surface area contributed by atoms with Crippen molar-refractivity contribution in [1.82, 2.24) is 24.5 Å². The summed E-state index contributed by atoms with van der Waals surface area (Å²) in [5.74, 6) is 0.185. The second-order valence-corrected chi connectivity index (χ2v) is 12.4. The summed E-state index contributed by atoms with van der Waals surface area (Å²) in [6.45, 7) is 6.85. The molecule has 2 aliphatic rings. The van der Waals surface area contributed by atoms with Gasteiger partial charge in [-0.2, -0.15) is 10.4 Å². The van der Waals surface area contributed by atoms with E-state index >= 15 is 0 Å². The predicted octanol–water partition coefficient (Wildman–Crippen LogP) is 3.40. The average molecular weight is 552 g/mol. The number of rotatable bonds is 6. The number of carbonyl (C=O) groups excluding carboxylic acids is 1. The summed E-state index contributed by atoms with van der Waals surface area (Å²) in [4.78, 5) is 24.5. The van der Waals surface area contributed by atoms with Gasteiger partial charge in [0.25, 0.3) is 5.91 Å². The maximum absolute atomic E-state index is 13.0. The number of amides is 1. The summed E-state index contributed by atoms with van der Waals surface area (Å²) in [6.07, 6.45) is 6.08. The van der Waals surface area contributed by atoms with Crippen LogP contribution in [0, 0.1) is 17.2 Å². The highest BCUT2D eigenvalue weighted by molar-refractivity contribution is 7.89. The van der Waals surface area contributed by atoms with Gasteiger partial charge in [-0.25, -0.2) is 27.8 Å². The predicted molar refractivity (Wildman–Crippen MR) is 147 cm³/mol. The van der Waals surface area contributed by atoms with Gasteiger partial charge in [0.05, 0.1) is 36.1 Å². The number of nitriles is 1. The van der Waals surface area contributed by atoms with E-state index in [4.69, 9.17) is 14.8 Å². The molecule has 1 N–H and O–H groups in total. The van der Waals surface area contributed by atoms with Gasteiger partial charge in [-0.3, -0.25) is 4.79 Å². The Balaban J connectivity index is 1.62. The Morgan fingerprint density at radius 3 is 2.59 bits per heavy atom. The van der Waals surface area contributed by atoms with Gasteiger partial charge in [-0.05, 0) is 55.4 Å². The van der Waals surface area contributed by atoms with E-state index in [0.717, 1.165) is 67.5 Å². The molecule has 0 saturated carbocycles. The number of fused-ring (bicyclic) bond motifs is 1. The van der Waals surface area contributed by atoms with Crippen LogP contribution in [-0.4, -0.2) is 66.6 Å². The molecule has 206 valence electrons. The van der Waals surface area contributed by atoms with Crippen molar-refractivity contribution in [1.29, 1.82) is 5.26 Å². The number of carbonyl (C=O) groups is 1. The molecule has 3 aromatic heterocycles. The molecule has 11 nitrogen and oxygen atoms in total. The third kappa shape index (κ3) is 5.74. The van der Waals surface area contributed by atoms with Gasteiger partial charge in [0, 0.05) is 37.4 Å². The Bertz CT molecular complexity index is 1510. The fourth-order valence-electron chi connectivity index (χ4n) is 5.27. The summed E-state index contributed by atoms with van der Waals surface area (Å²) in [5, 5.41) is 15.0. The molecule has 2 aliphatic heterocycles. The summed E-state index contributed by atoms with van der Waals surface area (Å²) < 4.78 is 33.3. The molecular formula is C27H33N7O4S. The van der Waals surface area contributed by atoms with E-state index in [-0.39, 0.29) is 23.6 Å². The first kappa shape index (κ1) is 27.0. The number of nitrogens with one attached hydrogen (secondary N) is 1. The number of aromatic nitrogens is 4. The topological polar surface area (TPSA) is 143 Å². The molecule has 1 amide bonds. The summed E-state index contributed by atoms with van der Waals surface area (Å²) in [7, 11) is -3.79. The van der Waals surface area contributed by atoms with Crippen molar-refractivity contribution in [3.63, 3.8) is 0 Å². The minimum atomic E-state index is -3.79. The van der Waals surface area contributed by atoms with Crippen LogP contribution in [0.5, 0.6) is 0 Å². The van der Waals surface area contributed by atoms with Crippen LogP contribution < -0.4 is 9.62 Å². The van der Waals surface area contributed by atoms with E-state index in [1.54, 1.807) is 12.3 Å². The molecule has 2 fully saturated rings. The summed E-state index contributed by atoms with van der Waals surface area (Å²) in [5.41, 5.74) is 2.84. The van der Waals surface area contributed by atoms with Crippen LogP contribution in [0.1, 0.15) is 67.7 Å². The average Bonchev–Trinajstić information content (AvgIpc) is 3.32. The van der Waals surface area contributed by atoms with Crippen molar-refractivity contribution in [2.24, 2.45) is 5.92 Å². The third-order valence-electron chi connectivity index (χ3n) is 7.29. The van der Waals surface area contributed by atoms with E-state index in [0.29, 0.717) is 24.4 Å². The molecule has 0 radical (unpaired) electrons. The number of piperidine rings is 1. The first-order valence-electron chi connectivity index (χ1n) is 13.3. The molecule has 1 unspecified atom stereocenters. The van der Waals surface area contributed by atoms with Crippen LogP contribution in [0.15, 0.2) is 24.4 Å². The molecule has 1 atom stereocenters. The van der Waals surface area contributed by atoms with Crippen LogP contribution >= 0.6 is 0 Å². The first-order chi connectivity index (χ1) is 18.6. The molecule has 0 bridgehead atoms. The Morgan fingerprint density at radius 2 is 2.00 bits per heavy atom. The zero-order valence-electron chi connectivity index (χ0n) is 22.4. The molecule has 2 saturated heterocycles.